The average Bonchev–Trinajstić information content (AvgIpc) is 2.29. The van der Waals surface area contributed by atoms with Gasteiger partial charge in [-0.2, -0.15) is 9.90 Å². The van der Waals surface area contributed by atoms with E-state index in [1.165, 1.54) is 4.80 Å². The minimum absolute atomic E-state index is 0.0370. The summed E-state index contributed by atoms with van der Waals surface area (Å²) in [6.45, 7) is 5.72. The predicted octanol–water partition coefficient (Wildman–Crippen LogP) is 0.811. The molecule has 0 amide bonds. The largest absolute Gasteiger partial charge is 0.476 e. The second-order valence-corrected chi connectivity index (χ2v) is 3.94. The van der Waals surface area contributed by atoms with Gasteiger partial charge in [0, 0.05) is 12.5 Å². The van der Waals surface area contributed by atoms with Crippen LogP contribution in [-0.4, -0.2) is 26.1 Å². The summed E-state index contributed by atoms with van der Waals surface area (Å²) >= 11 is 0. The molecule has 0 spiro atoms. The number of aryl methyl sites for hydroxylation is 1. The third-order valence-corrected chi connectivity index (χ3v) is 1.63. The summed E-state index contributed by atoms with van der Waals surface area (Å²) in [6, 6.07) is 0. The van der Waals surface area contributed by atoms with Gasteiger partial charge in [0.1, 0.15) is 5.69 Å². The van der Waals surface area contributed by atoms with Gasteiger partial charge in [0.15, 0.2) is 5.69 Å². The van der Waals surface area contributed by atoms with E-state index in [2.05, 4.69) is 10.2 Å². The highest BCUT2D eigenvalue weighted by Gasteiger charge is 2.26. The third-order valence-electron chi connectivity index (χ3n) is 1.63. The van der Waals surface area contributed by atoms with Crippen molar-refractivity contribution in [3.8, 4) is 0 Å². The number of hydrogen-bond donors (Lipinski definition) is 1. The van der Waals surface area contributed by atoms with E-state index >= 15 is 0 Å². The fraction of sp³-hybridized carbons (Fsp3) is 0.625. The number of nitrogens with zero attached hydrogens (tertiary/aromatic N) is 3. The first-order valence-electron chi connectivity index (χ1n) is 3.97. The number of carboxylic acids is 1. The molecule has 0 aliphatic carbocycles. The van der Waals surface area contributed by atoms with E-state index in [1.807, 2.05) is 20.8 Å². The monoisotopic (exact) mass is 183 g/mol. The van der Waals surface area contributed by atoms with Crippen molar-refractivity contribution in [2.24, 2.45) is 7.05 Å². The van der Waals surface area contributed by atoms with Crippen LogP contribution in [0.15, 0.2) is 0 Å². The predicted molar refractivity (Wildman–Crippen MR) is 46.7 cm³/mol. The van der Waals surface area contributed by atoms with Gasteiger partial charge in [-0.25, -0.2) is 4.79 Å². The van der Waals surface area contributed by atoms with Gasteiger partial charge >= 0.3 is 5.97 Å². The zero-order valence-corrected chi connectivity index (χ0v) is 8.20. The van der Waals surface area contributed by atoms with Gasteiger partial charge < -0.3 is 5.11 Å². The fourth-order valence-corrected chi connectivity index (χ4v) is 1.06. The van der Waals surface area contributed by atoms with Crippen LogP contribution in [0.5, 0.6) is 0 Å². The Morgan fingerprint density at radius 2 is 1.92 bits per heavy atom. The molecule has 1 N–H and O–H groups in total. The molecule has 1 rings (SSSR count). The Morgan fingerprint density at radius 1 is 1.38 bits per heavy atom. The molecule has 1 aromatic rings. The highest BCUT2D eigenvalue weighted by Crippen LogP contribution is 2.22. The van der Waals surface area contributed by atoms with Crippen LogP contribution in [0, 0.1) is 0 Å². The second-order valence-electron chi connectivity index (χ2n) is 3.94. The maximum atomic E-state index is 10.8. The SMILES string of the molecule is Cn1nc(C(=O)O)c(C(C)(C)C)n1. The van der Waals surface area contributed by atoms with Crippen LogP contribution in [0.3, 0.4) is 0 Å². The minimum Gasteiger partial charge on any atom is -0.476 e. The van der Waals surface area contributed by atoms with E-state index in [-0.39, 0.29) is 11.1 Å². The van der Waals surface area contributed by atoms with Crippen molar-refractivity contribution in [2.75, 3.05) is 0 Å². The van der Waals surface area contributed by atoms with Gasteiger partial charge in [0.25, 0.3) is 0 Å². The lowest BCUT2D eigenvalue weighted by Crippen LogP contribution is -2.16. The van der Waals surface area contributed by atoms with E-state index in [4.69, 9.17) is 5.11 Å². The van der Waals surface area contributed by atoms with Crippen molar-refractivity contribution in [2.45, 2.75) is 26.2 Å². The number of carboxylic acid groups (broad SMARTS) is 1. The Kier molecular flexibility index (Phi) is 2.11. The molecule has 0 aliphatic heterocycles. The first-order chi connectivity index (χ1) is 5.82. The highest BCUT2D eigenvalue weighted by atomic mass is 16.4. The Morgan fingerprint density at radius 3 is 2.23 bits per heavy atom. The molecule has 0 saturated heterocycles. The van der Waals surface area contributed by atoms with Crippen molar-refractivity contribution in [1.29, 1.82) is 0 Å². The summed E-state index contributed by atoms with van der Waals surface area (Å²) < 4.78 is 0. The molecular weight excluding hydrogens is 170 g/mol. The molecule has 0 unspecified atom stereocenters. The average molecular weight is 183 g/mol. The quantitative estimate of drug-likeness (QED) is 0.699. The van der Waals surface area contributed by atoms with Gasteiger partial charge in [0.05, 0.1) is 0 Å². The smallest absolute Gasteiger partial charge is 0.358 e. The molecule has 0 aliphatic rings. The molecular formula is C8H13N3O2. The van der Waals surface area contributed by atoms with E-state index in [1.54, 1.807) is 7.05 Å². The Balaban J connectivity index is 3.28. The molecule has 0 radical (unpaired) electrons. The lowest BCUT2D eigenvalue weighted by molar-refractivity contribution is 0.0687. The molecule has 0 saturated carbocycles. The molecule has 0 bridgehead atoms. The molecule has 0 atom stereocenters. The molecule has 5 nitrogen and oxygen atoms in total. The van der Waals surface area contributed by atoms with Gasteiger partial charge in [-0.3, -0.25) is 0 Å². The zero-order chi connectivity index (χ0) is 10.2. The number of hydrogen-bond acceptors (Lipinski definition) is 3. The Labute approximate surface area is 76.4 Å². The van der Waals surface area contributed by atoms with Crippen LogP contribution in [-0.2, 0) is 12.5 Å². The summed E-state index contributed by atoms with van der Waals surface area (Å²) in [5.74, 6) is -1.03. The van der Waals surface area contributed by atoms with Crippen molar-refractivity contribution >= 4 is 5.97 Å². The van der Waals surface area contributed by atoms with Crippen molar-refractivity contribution in [1.82, 2.24) is 15.0 Å². The topological polar surface area (TPSA) is 68.0 Å². The summed E-state index contributed by atoms with van der Waals surface area (Å²) in [5.41, 5.74) is 0.264. The van der Waals surface area contributed by atoms with Gasteiger partial charge in [0.2, 0.25) is 0 Å². The lowest BCUT2D eigenvalue weighted by atomic mass is 9.91. The van der Waals surface area contributed by atoms with Crippen LogP contribution in [0.25, 0.3) is 0 Å². The van der Waals surface area contributed by atoms with Crippen LogP contribution in [0.1, 0.15) is 37.0 Å². The molecule has 72 valence electrons. The number of aromatic carboxylic acids is 1. The highest BCUT2D eigenvalue weighted by molar-refractivity contribution is 5.86. The molecule has 0 fully saturated rings. The number of aromatic nitrogens is 3. The molecule has 13 heavy (non-hydrogen) atoms. The van der Waals surface area contributed by atoms with Crippen molar-refractivity contribution in [3.05, 3.63) is 11.4 Å². The van der Waals surface area contributed by atoms with E-state index in [0.717, 1.165) is 0 Å². The number of rotatable bonds is 1. The summed E-state index contributed by atoms with van der Waals surface area (Å²) in [6.07, 6.45) is 0. The van der Waals surface area contributed by atoms with Crippen LogP contribution >= 0.6 is 0 Å². The summed E-state index contributed by atoms with van der Waals surface area (Å²) in [4.78, 5) is 12.0. The van der Waals surface area contributed by atoms with Crippen molar-refractivity contribution < 1.29 is 9.90 Å². The molecule has 1 heterocycles. The third kappa shape index (κ3) is 1.85. The van der Waals surface area contributed by atoms with E-state index < -0.39 is 5.97 Å². The number of carbonyl (C=O) groups is 1. The van der Waals surface area contributed by atoms with Crippen molar-refractivity contribution in [3.63, 3.8) is 0 Å². The van der Waals surface area contributed by atoms with Crippen LogP contribution < -0.4 is 0 Å². The second kappa shape index (κ2) is 2.83. The standard InChI is InChI=1S/C8H13N3O2/c1-8(2,3)6-5(7(12)13)9-11(4)10-6/h1-4H3,(H,12,13). The lowest BCUT2D eigenvalue weighted by Gasteiger charge is -2.14. The van der Waals surface area contributed by atoms with Gasteiger partial charge in [-0.05, 0) is 0 Å². The summed E-state index contributed by atoms with van der Waals surface area (Å²) in [7, 11) is 1.61. The maximum Gasteiger partial charge on any atom is 0.358 e. The fourth-order valence-electron chi connectivity index (χ4n) is 1.06. The molecule has 5 heteroatoms. The van der Waals surface area contributed by atoms with Crippen LogP contribution in [0.2, 0.25) is 0 Å². The Bertz CT molecular complexity index is 336. The van der Waals surface area contributed by atoms with E-state index in [9.17, 15) is 4.79 Å². The maximum absolute atomic E-state index is 10.8. The first kappa shape index (κ1) is 9.70. The normalized spacial score (nSPS) is 11.7. The van der Waals surface area contributed by atoms with Gasteiger partial charge in [-0.1, -0.05) is 20.8 Å². The van der Waals surface area contributed by atoms with E-state index in [0.29, 0.717) is 5.69 Å². The minimum atomic E-state index is -1.03. The first-order valence-corrected chi connectivity index (χ1v) is 3.97. The summed E-state index contributed by atoms with van der Waals surface area (Å²) in [5, 5.41) is 16.6. The zero-order valence-electron chi connectivity index (χ0n) is 8.20. The van der Waals surface area contributed by atoms with Gasteiger partial charge in [-0.15, -0.1) is 5.10 Å². The molecule has 0 aromatic carbocycles. The molecule has 1 aromatic heterocycles. The Hall–Kier alpha value is -1.39. The van der Waals surface area contributed by atoms with Crippen LogP contribution in [0.4, 0.5) is 0 Å².